The van der Waals surface area contributed by atoms with E-state index in [0.29, 0.717) is 11.7 Å². The SMILES string of the molecule is OC1CC1Nc1ncnc2c1ncn2CCCCCl. The number of anilines is 1. The van der Waals surface area contributed by atoms with Crippen molar-refractivity contribution in [3.63, 3.8) is 0 Å². The molecule has 0 radical (unpaired) electrons. The van der Waals surface area contributed by atoms with Crippen LogP contribution in [-0.4, -0.2) is 42.7 Å². The molecule has 2 aromatic rings. The Balaban J connectivity index is 1.81. The Hall–Kier alpha value is -1.40. The van der Waals surface area contributed by atoms with Gasteiger partial charge in [-0.2, -0.15) is 0 Å². The number of alkyl halides is 1. The third kappa shape index (κ3) is 2.64. The first-order valence-electron chi connectivity index (χ1n) is 6.46. The molecule has 0 saturated heterocycles. The van der Waals surface area contributed by atoms with Crippen molar-refractivity contribution in [2.45, 2.75) is 38.0 Å². The minimum atomic E-state index is -0.268. The topological polar surface area (TPSA) is 75.9 Å². The summed E-state index contributed by atoms with van der Waals surface area (Å²) in [5.74, 6) is 1.37. The van der Waals surface area contributed by atoms with Crippen LogP contribution in [0.5, 0.6) is 0 Å². The second kappa shape index (κ2) is 5.30. The molecule has 0 spiro atoms. The van der Waals surface area contributed by atoms with Crippen LogP contribution in [0.4, 0.5) is 5.82 Å². The van der Waals surface area contributed by atoms with E-state index in [1.54, 1.807) is 6.33 Å². The molecule has 0 bridgehead atoms. The van der Waals surface area contributed by atoms with Gasteiger partial charge in [0.05, 0.1) is 18.5 Å². The van der Waals surface area contributed by atoms with Crippen molar-refractivity contribution in [2.24, 2.45) is 0 Å². The molecule has 2 unspecified atom stereocenters. The summed E-state index contributed by atoms with van der Waals surface area (Å²) >= 11 is 5.68. The highest BCUT2D eigenvalue weighted by molar-refractivity contribution is 6.17. The van der Waals surface area contributed by atoms with Crippen LogP contribution < -0.4 is 5.32 Å². The zero-order chi connectivity index (χ0) is 13.2. The molecule has 7 heteroatoms. The number of rotatable bonds is 6. The average Bonchev–Trinajstić information content (AvgIpc) is 2.94. The van der Waals surface area contributed by atoms with Crippen molar-refractivity contribution >= 4 is 28.6 Å². The van der Waals surface area contributed by atoms with Crippen molar-refractivity contribution in [3.05, 3.63) is 12.7 Å². The Morgan fingerprint density at radius 1 is 1.37 bits per heavy atom. The Morgan fingerprint density at radius 3 is 2.95 bits per heavy atom. The molecule has 3 rings (SSSR count). The fraction of sp³-hybridized carbons (Fsp3) is 0.583. The van der Waals surface area contributed by atoms with E-state index in [2.05, 4.69) is 20.3 Å². The second-order valence-corrected chi connectivity index (χ2v) is 5.16. The molecule has 0 amide bonds. The molecule has 1 fully saturated rings. The number of nitrogens with zero attached hydrogens (tertiary/aromatic N) is 4. The van der Waals surface area contributed by atoms with Gasteiger partial charge in [0, 0.05) is 12.4 Å². The third-order valence-electron chi connectivity index (χ3n) is 3.26. The average molecular weight is 282 g/mol. The van der Waals surface area contributed by atoms with E-state index < -0.39 is 0 Å². The molecule has 2 N–H and O–H groups in total. The first-order chi connectivity index (χ1) is 9.29. The van der Waals surface area contributed by atoms with E-state index >= 15 is 0 Å². The van der Waals surface area contributed by atoms with Gasteiger partial charge in [-0.25, -0.2) is 15.0 Å². The molecule has 1 aliphatic rings. The number of imidazole rings is 1. The number of aliphatic hydroxyl groups excluding tert-OH is 1. The van der Waals surface area contributed by atoms with E-state index in [9.17, 15) is 5.11 Å². The highest BCUT2D eigenvalue weighted by Gasteiger charge is 2.35. The van der Waals surface area contributed by atoms with Gasteiger partial charge in [-0.1, -0.05) is 0 Å². The number of halogens is 1. The molecule has 1 saturated carbocycles. The number of aliphatic hydroxyl groups is 1. The van der Waals surface area contributed by atoms with Gasteiger partial charge < -0.3 is 15.0 Å². The summed E-state index contributed by atoms with van der Waals surface area (Å²) in [5, 5.41) is 12.6. The zero-order valence-corrected chi connectivity index (χ0v) is 11.2. The lowest BCUT2D eigenvalue weighted by Crippen LogP contribution is -2.09. The van der Waals surface area contributed by atoms with Gasteiger partial charge in [-0.3, -0.25) is 0 Å². The molecule has 1 aliphatic carbocycles. The van der Waals surface area contributed by atoms with Gasteiger partial charge in [-0.15, -0.1) is 11.6 Å². The zero-order valence-electron chi connectivity index (χ0n) is 10.5. The van der Waals surface area contributed by atoms with Crippen molar-refractivity contribution in [2.75, 3.05) is 11.2 Å². The molecular weight excluding hydrogens is 266 g/mol. The second-order valence-electron chi connectivity index (χ2n) is 4.78. The van der Waals surface area contributed by atoms with Gasteiger partial charge in [0.15, 0.2) is 11.5 Å². The first kappa shape index (κ1) is 12.6. The van der Waals surface area contributed by atoms with Crippen LogP contribution >= 0.6 is 11.6 Å². The summed E-state index contributed by atoms with van der Waals surface area (Å²) in [5.41, 5.74) is 1.58. The minimum Gasteiger partial charge on any atom is -0.391 e. The summed E-state index contributed by atoms with van der Waals surface area (Å²) < 4.78 is 2.01. The number of fused-ring (bicyclic) bond motifs is 1. The standard InChI is InChI=1S/C12H16ClN5O/c13-3-1-2-4-18-7-16-10-11(14-6-15-12(10)18)17-8-5-9(8)19/h6-9,19H,1-5H2,(H,14,15,17). The normalized spacial score (nSPS) is 21.8. The molecule has 6 nitrogen and oxygen atoms in total. The lowest BCUT2D eigenvalue weighted by molar-refractivity contribution is 0.274. The monoisotopic (exact) mass is 281 g/mol. The van der Waals surface area contributed by atoms with Crippen LogP contribution in [0.15, 0.2) is 12.7 Å². The third-order valence-corrected chi connectivity index (χ3v) is 3.53. The predicted octanol–water partition coefficient (Wildman–Crippen LogP) is 1.39. The van der Waals surface area contributed by atoms with Gasteiger partial charge >= 0.3 is 0 Å². The number of nitrogens with one attached hydrogen (secondary N) is 1. The van der Waals surface area contributed by atoms with Gasteiger partial charge in [-0.05, 0) is 19.3 Å². The van der Waals surface area contributed by atoms with Crippen LogP contribution in [0, 0.1) is 0 Å². The Morgan fingerprint density at radius 2 is 2.21 bits per heavy atom. The highest BCUT2D eigenvalue weighted by atomic mass is 35.5. The van der Waals surface area contributed by atoms with Crippen LogP contribution in [0.2, 0.25) is 0 Å². The largest absolute Gasteiger partial charge is 0.391 e. The summed E-state index contributed by atoms with van der Waals surface area (Å²) in [6.07, 6.45) is 5.79. The molecule has 2 atom stereocenters. The maximum Gasteiger partial charge on any atom is 0.165 e. The van der Waals surface area contributed by atoms with Gasteiger partial charge in [0.2, 0.25) is 0 Å². The Labute approximate surface area is 115 Å². The number of aromatic nitrogens is 4. The molecule has 0 aliphatic heterocycles. The van der Waals surface area contributed by atoms with E-state index in [4.69, 9.17) is 11.6 Å². The maximum absolute atomic E-state index is 9.36. The van der Waals surface area contributed by atoms with E-state index in [0.717, 1.165) is 37.0 Å². The molecule has 19 heavy (non-hydrogen) atoms. The predicted molar refractivity (Wildman–Crippen MR) is 73.3 cm³/mol. The molecule has 2 aromatic heterocycles. The van der Waals surface area contributed by atoms with Gasteiger partial charge in [0.1, 0.15) is 11.8 Å². The summed E-state index contributed by atoms with van der Waals surface area (Å²) in [4.78, 5) is 12.8. The van der Waals surface area contributed by atoms with Crippen LogP contribution in [0.1, 0.15) is 19.3 Å². The molecule has 0 aromatic carbocycles. The van der Waals surface area contributed by atoms with Gasteiger partial charge in [0.25, 0.3) is 0 Å². The smallest absolute Gasteiger partial charge is 0.165 e. The van der Waals surface area contributed by atoms with E-state index in [1.807, 2.05) is 4.57 Å². The van der Waals surface area contributed by atoms with E-state index in [1.165, 1.54) is 6.33 Å². The number of unbranched alkanes of at least 4 members (excludes halogenated alkanes) is 1. The number of aryl methyl sites for hydroxylation is 1. The lowest BCUT2D eigenvalue weighted by Gasteiger charge is -2.05. The van der Waals surface area contributed by atoms with Crippen LogP contribution in [0.3, 0.4) is 0 Å². The number of hydrogen-bond acceptors (Lipinski definition) is 5. The quantitative estimate of drug-likeness (QED) is 0.618. The summed E-state index contributed by atoms with van der Waals surface area (Å²) in [7, 11) is 0. The van der Waals surface area contributed by atoms with Crippen LogP contribution in [-0.2, 0) is 6.54 Å². The Bertz CT molecular complexity index is 572. The highest BCUT2D eigenvalue weighted by Crippen LogP contribution is 2.27. The summed E-state index contributed by atoms with van der Waals surface area (Å²) in [6, 6.07) is 0.0968. The first-order valence-corrected chi connectivity index (χ1v) is 6.99. The molecular formula is C12H16ClN5O. The lowest BCUT2D eigenvalue weighted by atomic mass is 10.3. The molecule has 2 heterocycles. The summed E-state index contributed by atoms with van der Waals surface area (Å²) in [6.45, 7) is 0.853. The minimum absolute atomic E-state index is 0.0968. The molecule has 102 valence electrons. The Kier molecular flexibility index (Phi) is 3.52. The number of hydrogen-bond donors (Lipinski definition) is 2. The van der Waals surface area contributed by atoms with Crippen molar-refractivity contribution in [1.82, 2.24) is 19.5 Å². The maximum atomic E-state index is 9.36. The van der Waals surface area contributed by atoms with Crippen molar-refractivity contribution < 1.29 is 5.11 Å². The fourth-order valence-corrected chi connectivity index (χ4v) is 2.23. The van der Waals surface area contributed by atoms with Crippen molar-refractivity contribution in [1.29, 1.82) is 0 Å². The van der Waals surface area contributed by atoms with E-state index in [-0.39, 0.29) is 12.1 Å². The van der Waals surface area contributed by atoms with Crippen molar-refractivity contribution in [3.8, 4) is 0 Å². The fourth-order valence-electron chi connectivity index (χ4n) is 2.04. The van der Waals surface area contributed by atoms with Crippen LogP contribution in [0.25, 0.3) is 11.2 Å².